The van der Waals surface area contributed by atoms with Gasteiger partial charge in [0, 0.05) is 6.04 Å². The van der Waals surface area contributed by atoms with Gasteiger partial charge in [0.1, 0.15) is 4.90 Å². The van der Waals surface area contributed by atoms with Crippen molar-refractivity contribution in [3.8, 4) is 0 Å². The van der Waals surface area contributed by atoms with Crippen molar-refractivity contribution in [1.82, 2.24) is 0 Å². The molecule has 1 saturated carbocycles. The van der Waals surface area contributed by atoms with Crippen LogP contribution in [-0.2, 0) is 14.8 Å². The fourth-order valence-corrected chi connectivity index (χ4v) is 3.05. The SMILES string of the molecule is NC1CCCC1C(=O)Nc1ccccc1S(N)(=O)=O. The summed E-state index contributed by atoms with van der Waals surface area (Å²) in [6, 6.07) is 5.90. The predicted molar refractivity (Wildman–Crippen MR) is 71.8 cm³/mol. The van der Waals surface area contributed by atoms with Gasteiger partial charge in [-0.1, -0.05) is 18.6 Å². The Morgan fingerprint density at radius 1 is 1.26 bits per heavy atom. The van der Waals surface area contributed by atoms with Crippen molar-refractivity contribution >= 4 is 21.6 Å². The molecule has 1 aliphatic carbocycles. The van der Waals surface area contributed by atoms with E-state index in [1.165, 1.54) is 12.1 Å². The van der Waals surface area contributed by atoms with E-state index in [1.807, 2.05) is 0 Å². The minimum Gasteiger partial charge on any atom is -0.327 e. The second-order valence-electron chi connectivity index (χ2n) is 4.73. The lowest BCUT2D eigenvalue weighted by atomic mass is 10.0. The number of amides is 1. The number of benzene rings is 1. The zero-order valence-electron chi connectivity index (χ0n) is 10.4. The fraction of sp³-hybridized carbons (Fsp3) is 0.417. The van der Waals surface area contributed by atoms with Crippen LogP contribution < -0.4 is 16.2 Å². The number of rotatable bonds is 3. The third-order valence-electron chi connectivity index (χ3n) is 3.36. The van der Waals surface area contributed by atoms with Crippen molar-refractivity contribution in [2.45, 2.75) is 30.2 Å². The standard InChI is InChI=1S/C12H17N3O3S/c13-9-5-3-4-8(9)12(16)15-10-6-1-2-7-11(10)19(14,17)18/h1-2,6-9H,3-5,13H2,(H,15,16)(H2,14,17,18). The third kappa shape index (κ3) is 3.12. The van der Waals surface area contributed by atoms with Crippen molar-refractivity contribution in [2.24, 2.45) is 16.8 Å². The first-order valence-corrected chi connectivity index (χ1v) is 7.62. The molecule has 1 aliphatic rings. The molecular formula is C12H17N3O3S. The molecule has 0 aliphatic heterocycles. The van der Waals surface area contributed by atoms with E-state index in [9.17, 15) is 13.2 Å². The minimum absolute atomic E-state index is 0.0880. The van der Waals surface area contributed by atoms with Crippen LogP contribution in [0.15, 0.2) is 29.2 Å². The first-order valence-electron chi connectivity index (χ1n) is 6.08. The van der Waals surface area contributed by atoms with Crippen molar-refractivity contribution in [2.75, 3.05) is 5.32 Å². The molecule has 0 heterocycles. The fourth-order valence-electron chi connectivity index (χ4n) is 2.36. The van der Waals surface area contributed by atoms with Crippen LogP contribution in [-0.4, -0.2) is 20.4 Å². The van der Waals surface area contributed by atoms with Crippen molar-refractivity contribution < 1.29 is 13.2 Å². The Bertz CT molecular complexity index is 586. The highest BCUT2D eigenvalue weighted by molar-refractivity contribution is 7.89. The first kappa shape index (κ1) is 14.0. The Labute approximate surface area is 112 Å². The van der Waals surface area contributed by atoms with E-state index in [-0.39, 0.29) is 28.4 Å². The molecule has 0 spiro atoms. The summed E-state index contributed by atoms with van der Waals surface area (Å²) in [4.78, 5) is 12.0. The normalized spacial score (nSPS) is 23.3. The van der Waals surface area contributed by atoms with Gasteiger partial charge in [-0.3, -0.25) is 4.79 Å². The van der Waals surface area contributed by atoms with E-state index < -0.39 is 10.0 Å². The summed E-state index contributed by atoms with van der Waals surface area (Å²) in [6.45, 7) is 0. The van der Waals surface area contributed by atoms with Gasteiger partial charge in [0.2, 0.25) is 15.9 Å². The number of para-hydroxylation sites is 1. The molecule has 1 fully saturated rings. The van der Waals surface area contributed by atoms with E-state index >= 15 is 0 Å². The number of nitrogens with one attached hydrogen (secondary N) is 1. The van der Waals surface area contributed by atoms with Gasteiger partial charge < -0.3 is 11.1 Å². The summed E-state index contributed by atoms with van der Waals surface area (Å²) < 4.78 is 22.8. The van der Waals surface area contributed by atoms with Crippen LogP contribution in [0.25, 0.3) is 0 Å². The summed E-state index contributed by atoms with van der Waals surface area (Å²) in [6.07, 6.45) is 2.45. The van der Waals surface area contributed by atoms with Crippen LogP contribution in [0.3, 0.4) is 0 Å². The largest absolute Gasteiger partial charge is 0.327 e. The summed E-state index contributed by atoms with van der Waals surface area (Å²) >= 11 is 0. The molecule has 1 aromatic carbocycles. The molecule has 0 radical (unpaired) electrons. The zero-order valence-corrected chi connectivity index (χ0v) is 11.2. The second kappa shape index (κ2) is 5.28. The van der Waals surface area contributed by atoms with E-state index in [4.69, 9.17) is 10.9 Å². The molecule has 0 aromatic heterocycles. The van der Waals surface area contributed by atoms with Gasteiger partial charge in [-0.05, 0) is 25.0 Å². The number of sulfonamides is 1. The maximum atomic E-state index is 12.1. The van der Waals surface area contributed by atoms with E-state index in [0.717, 1.165) is 19.3 Å². The summed E-state index contributed by atoms with van der Waals surface area (Å²) in [7, 11) is -3.86. The molecule has 0 bridgehead atoms. The van der Waals surface area contributed by atoms with Gasteiger partial charge in [-0.15, -0.1) is 0 Å². The van der Waals surface area contributed by atoms with Crippen LogP contribution >= 0.6 is 0 Å². The molecule has 19 heavy (non-hydrogen) atoms. The van der Waals surface area contributed by atoms with Gasteiger partial charge in [0.25, 0.3) is 0 Å². The lowest BCUT2D eigenvalue weighted by molar-refractivity contribution is -0.120. The molecule has 104 valence electrons. The summed E-state index contributed by atoms with van der Waals surface area (Å²) in [5, 5.41) is 7.72. The van der Waals surface area contributed by atoms with Crippen LogP contribution in [0.2, 0.25) is 0 Å². The molecule has 0 saturated heterocycles. The highest BCUT2D eigenvalue weighted by Crippen LogP contribution is 2.26. The lowest BCUT2D eigenvalue weighted by Crippen LogP contribution is -2.34. The minimum atomic E-state index is -3.86. The summed E-state index contributed by atoms with van der Waals surface area (Å²) in [5.41, 5.74) is 6.06. The van der Waals surface area contributed by atoms with E-state index in [0.29, 0.717) is 0 Å². The second-order valence-corrected chi connectivity index (χ2v) is 6.26. The van der Waals surface area contributed by atoms with Crippen LogP contribution in [0, 0.1) is 5.92 Å². The smallest absolute Gasteiger partial charge is 0.240 e. The Morgan fingerprint density at radius 3 is 2.53 bits per heavy atom. The quantitative estimate of drug-likeness (QED) is 0.744. The maximum Gasteiger partial charge on any atom is 0.240 e. The van der Waals surface area contributed by atoms with Gasteiger partial charge in [0.15, 0.2) is 0 Å². The van der Waals surface area contributed by atoms with Crippen LogP contribution in [0.4, 0.5) is 5.69 Å². The van der Waals surface area contributed by atoms with Crippen molar-refractivity contribution in [1.29, 1.82) is 0 Å². The first-order chi connectivity index (χ1) is 8.89. The Morgan fingerprint density at radius 2 is 1.95 bits per heavy atom. The Balaban J connectivity index is 2.22. The van der Waals surface area contributed by atoms with Gasteiger partial charge in [0.05, 0.1) is 11.6 Å². The average molecular weight is 283 g/mol. The monoisotopic (exact) mass is 283 g/mol. The zero-order chi connectivity index (χ0) is 14.0. The number of carbonyl (C=O) groups is 1. The maximum absolute atomic E-state index is 12.1. The van der Waals surface area contributed by atoms with Gasteiger partial charge in [-0.2, -0.15) is 0 Å². The van der Waals surface area contributed by atoms with Crippen molar-refractivity contribution in [3.63, 3.8) is 0 Å². The molecule has 2 unspecified atom stereocenters. The molecule has 7 heteroatoms. The topological polar surface area (TPSA) is 115 Å². The molecule has 1 aromatic rings. The third-order valence-corrected chi connectivity index (χ3v) is 4.33. The van der Waals surface area contributed by atoms with Crippen molar-refractivity contribution in [3.05, 3.63) is 24.3 Å². The van der Waals surface area contributed by atoms with Gasteiger partial charge in [-0.25, -0.2) is 13.6 Å². The number of anilines is 1. The number of primary sulfonamides is 1. The Kier molecular flexibility index (Phi) is 3.88. The van der Waals surface area contributed by atoms with Gasteiger partial charge >= 0.3 is 0 Å². The lowest BCUT2D eigenvalue weighted by Gasteiger charge is -2.16. The predicted octanol–water partition coefficient (Wildman–Crippen LogP) is 0.400. The molecule has 5 N–H and O–H groups in total. The highest BCUT2D eigenvalue weighted by Gasteiger charge is 2.30. The molecule has 1 amide bonds. The Hall–Kier alpha value is -1.44. The molecular weight excluding hydrogens is 266 g/mol. The number of hydrogen-bond acceptors (Lipinski definition) is 4. The van der Waals surface area contributed by atoms with E-state index in [2.05, 4.69) is 5.32 Å². The average Bonchev–Trinajstić information content (AvgIpc) is 2.75. The number of nitrogens with two attached hydrogens (primary N) is 2. The van der Waals surface area contributed by atoms with Crippen LogP contribution in [0.1, 0.15) is 19.3 Å². The molecule has 6 nitrogen and oxygen atoms in total. The molecule has 2 atom stereocenters. The number of carbonyl (C=O) groups excluding carboxylic acids is 1. The highest BCUT2D eigenvalue weighted by atomic mass is 32.2. The molecule has 2 rings (SSSR count). The van der Waals surface area contributed by atoms with Crippen LogP contribution in [0.5, 0.6) is 0 Å². The van der Waals surface area contributed by atoms with E-state index in [1.54, 1.807) is 12.1 Å². The summed E-state index contributed by atoms with van der Waals surface area (Å²) in [5.74, 6) is -0.519. The number of hydrogen-bond donors (Lipinski definition) is 3.